The Bertz CT molecular complexity index is 865. The first-order valence-electron chi connectivity index (χ1n) is 8.63. The van der Waals surface area contributed by atoms with E-state index in [1.807, 2.05) is 66.7 Å². The van der Waals surface area contributed by atoms with Gasteiger partial charge in [-0.15, -0.1) is 0 Å². The van der Waals surface area contributed by atoms with Gasteiger partial charge in [0, 0.05) is 17.7 Å². The molecular formula is C22H21N3. The molecule has 1 heterocycles. The molecule has 0 unspecified atom stereocenters. The second kappa shape index (κ2) is 8.12. The highest BCUT2D eigenvalue weighted by Crippen LogP contribution is 2.32. The minimum absolute atomic E-state index is 0.599. The molecule has 0 saturated heterocycles. The van der Waals surface area contributed by atoms with Crippen LogP contribution < -0.4 is 5.32 Å². The van der Waals surface area contributed by atoms with E-state index in [0.29, 0.717) is 11.4 Å². The van der Waals surface area contributed by atoms with Crippen LogP contribution in [0.4, 0.5) is 5.82 Å². The van der Waals surface area contributed by atoms with Crippen molar-refractivity contribution in [2.24, 2.45) is 0 Å². The molecule has 0 spiro atoms. The zero-order chi connectivity index (χ0) is 17.5. The number of nitrogens with zero attached hydrogens (tertiary/aromatic N) is 2. The van der Waals surface area contributed by atoms with Crippen LogP contribution in [0.15, 0.2) is 66.7 Å². The van der Waals surface area contributed by atoms with Gasteiger partial charge < -0.3 is 5.32 Å². The van der Waals surface area contributed by atoms with Crippen molar-refractivity contribution in [1.82, 2.24) is 4.98 Å². The molecule has 0 aliphatic rings. The maximum absolute atomic E-state index is 9.75. The van der Waals surface area contributed by atoms with Gasteiger partial charge in [0.1, 0.15) is 17.5 Å². The van der Waals surface area contributed by atoms with Crippen LogP contribution in [0.1, 0.15) is 25.3 Å². The van der Waals surface area contributed by atoms with Gasteiger partial charge in [-0.2, -0.15) is 5.26 Å². The lowest BCUT2D eigenvalue weighted by molar-refractivity contribution is 0.831. The first-order chi connectivity index (χ1) is 12.3. The normalized spacial score (nSPS) is 10.2. The number of benzene rings is 2. The third-order valence-electron chi connectivity index (χ3n) is 4.11. The molecule has 0 aliphatic heterocycles. The average Bonchev–Trinajstić information content (AvgIpc) is 2.69. The summed E-state index contributed by atoms with van der Waals surface area (Å²) in [7, 11) is 0. The Kier molecular flexibility index (Phi) is 5.43. The van der Waals surface area contributed by atoms with Gasteiger partial charge in [0.2, 0.25) is 0 Å². The van der Waals surface area contributed by atoms with Crippen LogP contribution in [0.2, 0.25) is 0 Å². The second-order valence-electron chi connectivity index (χ2n) is 5.90. The minimum Gasteiger partial charge on any atom is -0.369 e. The molecule has 1 aromatic heterocycles. The third-order valence-corrected chi connectivity index (χ3v) is 4.11. The summed E-state index contributed by atoms with van der Waals surface area (Å²) < 4.78 is 0. The SMILES string of the molecule is CCCCNc1nc(-c2ccccc2)cc(-c2ccccc2)c1C#N. The monoisotopic (exact) mass is 327 g/mol. The first-order valence-corrected chi connectivity index (χ1v) is 8.63. The summed E-state index contributed by atoms with van der Waals surface area (Å²) in [6, 6.07) is 24.4. The standard InChI is InChI=1S/C22H21N3/c1-2-3-14-24-22-20(16-23)19(17-10-6-4-7-11-17)15-21(25-22)18-12-8-5-9-13-18/h4-13,15H,2-3,14H2,1H3,(H,24,25). The Morgan fingerprint density at radius 3 is 2.20 bits per heavy atom. The van der Waals surface area contributed by atoms with Gasteiger partial charge in [-0.25, -0.2) is 4.98 Å². The lowest BCUT2D eigenvalue weighted by Gasteiger charge is -2.14. The summed E-state index contributed by atoms with van der Waals surface area (Å²) in [6.07, 6.45) is 2.14. The number of nitrogens with one attached hydrogen (secondary N) is 1. The molecule has 3 aromatic rings. The quantitative estimate of drug-likeness (QED) is 0.608. The highest BCUT2D eigenvalue weighted by molar-refractivity contribution is 5.80. The van der Waals surface area contributed by atoms with Crippen molar-refractivity contribution in [1.29, 1.82) is 5.26 Å². The number of hydrogen-bond donors (Lipinski definition) is 1. The summed E-state index contributed by atoms with van der Waals surface area (Å²) in [5.74, 6) is 0.663. The number of rotatable bonds is 6. The number of pyridine rings is 1. The molecule has 3 rings (SSSR count). The number of unbranched alkanes of at least 4 members (excludes halogenated alkanes) is 1. The Morgan fingerprint density at radius 2 is 1.60 bits per heavy atom. The number of hydrogen-bond acceptors (Lipinski definition) is 3. The van der Waals surface area contributed by atoms with E-state index < -0.39 is 0 Å². The van der Waals surface area contributed by atoms with Crippen molar-refractivity contribution in [3.8, 4) is 28.5 Å². The highest BCUT2D eigenvalue weighted by Gasteiger charge is 2.14. The van der Waals surface area contributed by atoms with Crippen LogP contribution in [0, 0.1) is 11.3 Å². The smallest absolute Gasteiger partial charge is 0.145 e. The first kappa shape index (κ1) is 16.7. The Morgan fingerprint density at radius 1 is 0.960 bits per heavy atom. The van der Waals surface area contributed by atoms with E-state index in [1.165, 1.54) is 0 Å². The van der Waals surface area contributed by atoms with Crippen molar-refractivity contribution in [3.63, 3.8) is 0 Å². The van der Waals surface area contributed by atoms with Crippen molar-refractivity contribution < 1.29 is 0 Å². The van der Waals surface area contributed by atoms with E-state index in [9.17, 15) is 5.26 Å². The van der Waals surface area contributed by atoms with Crippen LogP contribution in [-0.4, -0.2) is 11.5 Å². The molecule has 25 heavy (non-hydrogen) atoms. The van der Waals surface area contributed by atoms with E-state index in [1.54, 1.807) is 0 Å². The zero-order valence-electron chi connectivity index (χ0n) is 14.4. The minimum atomic E-state index is 0.599. The fourth-order valence-electron chi connectivity index (χ4n) is 2.77. The topological polar surface area (TPSA) is 48.7 Å². The maximum atomic E-state index is 9.75. The van der Waals surface area contributed by atoms with Crippen molar-refractivity contribution in [3.05, 3.63) is 72.3 Å². The molecule has 2 aromatic carbocycles. The molecule has 0 bridgehead atoms. The van der Waals surface area contributed by atoms with Crippen LogP contribution in [0.5, 0.6) is 0 Å². The summed E-state index contributed by atoms with van der Waals surface area (Å²) in [6.45, 7) is 2.96. The van der Waals surface area contributed by atoms with Crippen molar-refractivity contribution >= 4 is 5.82 Å². The highest BCUT2D eigenvalue weighted by atomic mass is 15.0. The van der Waals surface area contributed by atoms with E-state index in [2.05, 4.69) is 18.3 Å². The summed E-state index contributed by atoms with van der Waals surface area (Å²) in [4.78, 5) is 4.74. The Balaban J connectivity index is 2.15. The Labute approximate surface area is 149 Å². The average molecular weight is 327 g/mol. The molecule has 0 radical (unpaired) electrons. The van der Waals surface area contributed by atoms with Crippen LogP contribution in [0.25, 0.3) is 22.4 Å². The lowest BCUT2D eigenvalue weighted by Crippen LogP contribution is -2.07. The van der Waals surface area contributed by atoms with Gasteiger partial charge in [0.05, 0.1) is 5.69 Å². The van der Waals surface area contributed by atoms with Crippen LogP contribution in [-0.2, 0) is 0 Å². The van der Waals surface area contributed by atoms with Gasteiger partial charge in [0.15, 0.2) is 0 Å². The molecule has 0 saturated carbocycles. The van der Waals surface area contributed by atoms with Crippen molar-refractivity contribution in [2.45, 2.75) is 19.8 Å². The molecular weight excluding hydrogens is 306 g/mol. The van der Waals surface area contributed by atoms with Gasteiger partial charge in [0.25, 0.3) is 0 Å². The summed E-state index contributed by atoms with van der Waals surface area (Å²) >= 11 is 0. The fourth-order valence-corrected chi connectivity index (χ4v) is 2.77. The second-order valence-corrected chi connectivity index (χ2v) is 5.90. The molecule has 124 valence electrons. The predicted molar refractivity (Wildman–Crippen MR) is 103 cm³/mol. The largest absolute Gasteiger partial charge is 0.369 e. The van der Waals surface area contributed by atoms with Crippen LogP contribution >= 0.6 is 0 Å². The van der Waals surface area contributed by atoms with Gasteiger partial charge in [-0.3, -0.25) is 0 Å². The number of nitriles is 1. The summed E-state index contributed by atoms with van der Waals surface area (Å²) in [5.41, 5.74) is 4.45. The lowest BCUT2D eigenvalue weighted by atomic mass is 9.98. The van der Waals surface area contributed by atoms with Gasteiger partial charge >= 0.3 is 0 Å². The van der Waals surface area contributed by atoms with E-state index >= 15 is 0 Å². The number of anilines is 1. The third kappa shape index (κ3) is 3.87. The van der Waals surface area contributed by atoms with Crippen LogP contribution in [0.3, 0.4) is 0 Å². The molecule has 3 heteroatoms. The molecule has 3 nitrogen and oxygen atoms in total. The molecule has 0 fully saturated rings. The number of aromatic nitrogens is 1. The van der Waals surface area contributed by atoms with Gasteiger partial charge in [-0.05, 0) is 18.1 Å². The summed E-state index contributed by atoms with van der Waals surface area (Å²) in [5, 5.41) is 13.1. The van der Waals surface area contributed by atoms with E-state index in [4.69, 9.17) is 4.98 Å². The molecule has 1 N–H and O–H groups in total. The molecule has 0 amide bonds. The van der Waals surface area contributed by atoms with E-state index in [0.717, 1.165) is 41.8 Å². The van der Waals surface area contributed by atoms with Crippen molar-refractivity contribution in [2.75, 3.05) is 11.9 Å². The van der Waals surface area contributed by atoms with Gasteiger partial charge in [-0.1, -0.05) is 74.0 Å². The molecule has 0 atom stereocenters. The fraction of sp³-hybridized carbons (Fsp3) is 0.182. The maximum Gasteiger partial charge on any atom is 0.145 e. The predicted octanol–water partition coefficient (Wildman–Crippen LogP) is 5.50. The zero-order valence-corrected chi connectivity index (χ0v) is 14.4. The Hall–Kier alpha value is -3.12. The molecule has 0 aliphatic carbocycles. The van der Waals surface area contributed by atoms with E-state index in [-0.39, 0.29) is 0 Å².